The predicted octanol–water partition coefficient (Wildman–Crippen LogP) is 8.53. The Kier molecular flexibility index (Phi) is 13.0. The van der Waals surface area contributed by atoms with Crippen molar-refractivity contribution in [2.45, 2.75) is 91.0 Å². The van der Waals surface area contributed by atoms with Crippen LogP contribution in [0.25, 0.3) is 0 Å². The van der Waals surface area contributed by atoms with Gasteiger partial charge in [0.2, 0.25) is 11.4 Å². The van der Waals surface area contributed by atoms with Gasteiger partial charge in [-0.05, 0) is 31.5 Å². The maximum absolute atomic E-state index is 12.9. The highest BCUT2D eigenvalue weighted by Gasteiger charge is 2.13. The molecule has 0 aliphatic carbocycles. The second-order valence-electron chi connectivity index (χ2n) is 9.82. The summed E-state index contributed by atoms with van der Waals surface area (Å²) in [6, 6.07) is 13.6. The Labute approximate surface area is 232 Å². The first kappa shape index (κ1) is 29.2. The highest BCUT2D eigenvalue weighted by atomic mass is 35.5. The van der Waals surface area contributed by atoms with Crippen LogP contribution in [0.5, 0.6) is 5.75 Å². The minimum Gasteiger partial charge on any atom is -0.492 e. The third-order valence-corrected chi connectivity index (χ3v) is 7.59. The number of unbranched alkanes of at least 4 members (excludes halogenated alkanes) is 9. The molecule has 0 fully saturated rings. The van der Waals surface area contributed by atoms with Gasteiger partial charge in [-0.15, -0.1) is 0 Å². The summed E-state index contributed by atoms with van der Waals surface area (Å²) in [6.07, 6.45) is 15.2. The van der Waals surface area contributed by atoms with E-state index in [-0.39, 0.29) is 12.3 Å². The Morgan fingerprint density at radius 2 is 1.68 bits per heavy atom. The molecule has 3 aromatic rings. The van der Waals surface area contributed by atoms with Gasteiger partial charge in [-0.2, -0.15) is 4.57 Å². The third-order valence-electron chi connectivity index (χ3n) is 6.44. The zero-order chi connectivity index (χ0) is 26.3. The van der Waals surface area contributed by atoms with E-state index in [0.29, 0.717) is 17.4 Å². The lowest BCUT2D eigenvalue weighted by atomic mass is 10.1. The van der Waals surface area contributed by atoms with Crippen molar-refractivity contribution >= 4 is 34.5 Å². The second kappa shape index (κ2) is 16.5. The van der Waals surface area contributed by atoms with Gasteiger partial charge in [0.25, 0.3) is 0 Å². The molecule has 200 valence electrons. The Morgan fingerprint density at radius 1 is 0.973 bits per heavy atom. The van der Waals surface area contributed by atoms with E-state index in [1.165, 1.54) is 56.2 Å². The molecule has 0 spiro atoms. The molecule has 0 radical (unpaired) electrons. The number of hydrogen-bond donors (Lipinski definition) is 1. The summed E-state index contributed by atoms with van der Waals surface area (Å²) in [5, 5.41) is 3.59. The molecular weight excluding hydrogens is 500 g/mol. The van der Waals surface area contributed by atoms with Crippen LogP contribution in [-0.2, 0) is 17.8 Å². The number of carbonyl (C=O) groups excluding carboxylic acids is 1. The molecule has 0 unspecified atom stereocenters. The molecule has 0 atom stereocenters. The van der Waals surface area contributed by atoms with E-state index in [0.717, 1.165) is 36.2 Å². The van der Waals surface area contributed by atoms with Crippen molar-refractivity contribution in [3.05, 3.63) is 75.2 Å². The van der Waals surface area contributed by atoms with Crippen molar-refractivity contribution in [1.29, 1.82) is 0 Å². The molecule has 2 aromatic carbocycles. The van der Waals surface area contributed by atoms with Crippen LogP contribution in [-0.4, -0.2) is 12.5 Å². The van der Waals surface area contributed by atoms with Crippen LogP contribution < -0.4 is 14.6 Å². The molecule has 4 nitrogen and oxygen atoms in total. The number of aryl methyl sites for hydroxylation is 1. The SMILES string of the molecule is CCCCCCCCCCCCOc1c(Cl)cccc1CC(=O)Nc1cccc(C[n+]2csc(C)c2)c1. The van der Waals surface area contributed by atoms with Gasteiger partial charge in [0, 0.05) is 16.8 Å². The van der Waals surface area contributed by atoms with E-state index in [9.17, 15) is 4.79 Å². The molecular formula is C31H42ClN2O2S+. The van der Waals surface area contributed by atoms with Gasteiger partial charge in [0.15, 0.2) is 12.7 Å². The first-order chi connectivity index (χ1) is 18.0. The number of nitrogens with one attached hydrogen (secondary N) is 1. The average Bonchev–Trinajstić information content (AvgIpc) is 3.28. The van der Waals surface area contributed by atoms with Crippen LogP contribution in [0.1, 0.15) is 87.1 Å². The average molecular weight is 542 g/mol. The normalized spacial score (nSPS) is 11.0. The first-order valence-electron chi connectivity index (χ1n) is 13.8. The lowest BCUT2D eigenvalue weighted by Gasteiger charge is -2.13. The predicted molar refractivity (Wildman–Crippen MR) is 156 cm³/mol. The summed E-state index contributed by atoms with van der Waals surface area (Å²) in [4.78, 5) is 14.1. The number of ether oxygens (including phenoxy) is 1. The number of amides is 1. The molecule has 0 saturated heterocycles. The van der Waals surface area contributed by atoms with Crippen molar-refractivity contribution < 1.29 is 14.1 Å². The Hall–Kier alpha value is -2.37. The Bertz CT molecular complexity index is 1100. The molecule has 1 N–H and O–H groups in total. The molecule has 0 aliphatic heterocycles. The highest BCUT2D eigenvalue weighted by molar-refractivity contribution is 7.09. The number of anilines is 1. The summed E-state index contributed by atoms with van der Waals surface area (Å²) in [7, 11) is 0. The number of rotatable bonds is 17. The van der Waals surface area contributed by atoms with Gasteiger partial charge >= 0.3 is 0 Å². The van der Waals surface area contributed by atoms with E-state index in [1.807, 2.05) is 36.4 Å². The number of carbonyl (C=O) groups is 1. The zero-order valence-corrected chi connectivity index (χ0v) is 24.0. The van der Waals surface area contributed by atoms with Gasteiger partial charge in [-0.3, -0.25) is 4.79 Å². The number of hydrogen-bond acceptors (Lipinski definition) is 3. The topological polar surface area (TPSA) is 42.2 Å². The molecule has 0 bridgehead atoms. The van der Waals surface area contributed by atoms with Crippen molar-refractivity contribution in [1.82, 2.24) is 0 Å². The fourth-order valence-corrected chi connectivity index (χ4v) is 5.36. The van der Waals surface area contributed by atoms with E-state index in [2.05, 4.69) is 41.5 Å². The standard InChI is InChI=1S/C31H41ClN2O2S/c1-3-4-5-6-7-8-9-10-11-12-19-36-31-27(16-14-18-29(31)32)21-30(35)33-28-17-13-15-26(20-28)23-34-22-25(2)37-24-34/h13-18,20,22,24H,3-12,19,21,23H2,1-2H3/p+1. The summed E-state index contributed by atoms with van der Waals surface area (Å²) < 4.78 is 8.22. The van der Waals surface area contributed by atoms with E-state index < -0.39 is 0 Å². The monoisotopic (exact) mass is 541 g/mol. The largest absolute Gasteiger partial charge is 0.492 e. The molecule has 37 heavy (non-hydrogen) atoms. The van der Waals surface area contributed by atoms with Gasteiger partial charge < -0.3 is 10.1 Å². The third kappa shape index (κ3) is 10.9. The smallest absolute Gasteiger partial charge is 0.228 e. The highest BCUT2D eigenvalue weighted by Crippen LogP contribution is 2.29. The van der Waals surface area contributed by atoms with E-state index in [4.69, 9.17) is 16.3 Å². The lowest BCUT2D eigenvalue weighted by molar-refractivity contribution is -0.683. The fraction of sp³-hybridized carbons (Fsp3) is 0.484. The van der Waals surface area contributed by atoms with Crippen LogP contribution in [0, 0.1) is 6.92 Å². The molecule has 3 rings (SSSR count). The van der Waals surface area contributed by atoms with Crippen LogP contribution >= 0.6 is 22.9 Å². The van der Waals surface area contributed by atoms with Gasteiger partial charge in [0.05, 0.1) is 22.9 Å². The number of nitrogens with zero attached hydrogens (tertiary/aromatic N) is 1. The molecule has 0 aliphatic rings. The molecule has 1 heterocycles. The van der Waals surface area contributed by atoms with Crippen molar-refractivity contribution in [2.75, 3.05) is 11.9 Å². The van der Waals surface area contributed by atoms with Gasteiger partial charge in [-0.25, -0.2) is 0 Å². The van der Waals surface area contributed by atoms with Crippen LogP contribution in [0.2, 0.25) is 5.02 Å². The minimum absolute atomic E-state index is 0.0813. The fourth-order valence-electron chi connectivity index (χ4n) is 4.48. The van der Waals surface area contributed by atoms with E-state index in [1.54, 1.807) is 11.3 Å². The number of para-hydroxylation sites is 1. The summed E-state index contributed by atoms with van der Waals surface area (Å²) >= 11 is 8.17. The van der Waals surface area contributed by atoms with Crippen LogP contribution in [0.4, 0.5) is 5.69 Å². The van der Waals surface area contributed by atoms with E-state index >= 15 is 0 Å². The van der Waals surface area contributed by atoms with Crippen molar-refractivity contribution in [3.63, 3.8) is 0 Å². The van der Waals surface area contributed by atoms with Crippen LogP contribution in [0.3, 0.4) is 0 Å². The minimum atomic E-state index is -0.0813. The molecule has 1 amide bonds. The number of benzene rings is 2. The quantitative estimate of drug-likeness (QED) is 0.137. The summed E-state index contributed by atoms with van der Waals surface area (Å²) in [6.45, 7) is 5.76. The number of thiazole rings is 1. The number of aromatic nitrogens is 1. The van der Waals surface area contributed by atoms with Crippen LogP contribution in [0.15, 0.2) is 54.2 Å². The summed E-state index contributed by atoms with van der Waals surface area (Å²) in [5.41, 5.74) is 4.86. The Balaban J connectivity index is 1.43. The maximum atomic E-state index is 12.9. The zero-order valence-electron chi connectivity index (χ0n) is 22.4. The van der Waals surface area contributed by atoms with Crippen molar-refractivity contribution in [3.8, 4) is 5.75 Å². The van der Waals surface area contributed by atoms with Gasteiger partial charge in [-0.1, -0.05) is 112 Å². The maximum Gasteiger partial charge on any atom is 0.228 e. The number of halogens is 1. The molecule has 0 saturated carbocycles. The van der Waals surface area contributed by atoms with Crippen molar-refractivity contribution in [2.24, 2.45) is 0 Å². The lowest BCUT2D eigenvalue weighted by Crippen LogP contribution is -2.30. The molecule has 6 heteroatoms. The molecule has 1 aromatic heterocycles. The Morgan fingerprint density at radius 3 is 2.38 bits per heavy atom. The second-order valence-corrected chi connectivity index (χ2v) is 11.3. The van der Waals surface area contributed by atoms with Gasteiger partial charge in [0.1, 0.15) is 5.75 Å². The summed E-state index contributed by atoms with van der Waals surface area (Å²) in [5.74, 6) is 0.551. The first-order valence-corrected chi connectivity index (χ1v) is 15.0.